The van der Waals surface area contributed by atoms with E-state index in [1.165, 1.54) is 24.3 Å². The predicted molar refractivity (Wildman–Crippen MR) is 71.3 cm³/mol. The molecule has 5 heteroatoms. The van der Waals surface area contributed by atoms with E-state index in [1.54, 1.807) is 30.3 Å². The maximum absolute atomic E-state index is 11.9. The van der Waals surface area contributed by atoms with Crippen molar-refractivity contribution in [1.29, 1.82) is 0 Å². The molecule has 0 aromatic heterocycles. The SMILES string of the molecule is Cc1ccc(S(=O)(=O)N=C([O-])c2ccccc2)cc1. The third-order valence-corrected chi connectivity index (χ3v) is 3.82. The van der Waals surface area contributed by atoms with Gasteiger partial charge in [0, 0.05) is 5.90 Å². The highest BCUT2D eigenvalue weighted by Gasteiger charge is 2.11. The molecule has 19 heavy (non-hydrogen) atoms. The van der Waals surface area contributed by atoms with Gasteiger partial charge in [-0.2, -0.15) is 12.8 Å². The first-order valence-electron chi connectivity index (χ1n) is 5.63. The molecule has 0 fully saturated rings. The molecule has 0 radical (unpaired) electrons. The van der Waals surface area contributed by atoms with Crippen LogP contribution < -0.4 is 5.11 Å². The Kier molecular flexibility index (Phi) is 3.66. The van der Waals surface area contributed by atoms with Crippen molar-refractivity contribution >= 4 is 15.9 Å². The molecule has 2 rings (SSSR count). The summed E-state index contributed by atoms with van der Waals surface area (Å²) in [6.07, 6.45) is 0. The highest BCUT2D eigenvalue weighted by atomic mass is 32.2. The van der Waals surface area contributed by atoms with Crippen LogP contribution in [0, 0.1) is 6.92 Å². The minimum Gasteiger partial charge on any atom is -0.858 e. The predicted octanol–water partition coefficient (Wildman–Crippen LogP) is 1.49. The molecule has 2 aromatic rings. The van der Waals surface area contributed by atoms with Crippen molar-refractivity contribution in [3.8, 4) is 0 Å². The van der Waals surface area contributed by atoms with Crippen LogP contribution in [0.15, 0.2) is 63.9 Å². The van der Waals surface area contributed by atoms with Crippen molar-refractivity contribution in [2.24, 2.45) is 4.40 Å². The lowest BCUT2D eigenvalue weighted by molar-refractivity contribution is -0.212. The van der Waals surface area contributed by atoms with Crippen LogP contribution >= 0.6 is 0 Å². The Morgan fingerprint density at radius 2 is 1.58 bits per heavy atom. The van der Waals surface area contributed by atoms with E-state index >= 15 is 0 Å². The summed E-state index contributed by atoms with van der Waals surface area (Å²) in [7, 11) is -3.95. The third-order valence-electron chi connectivity index (χ3n) is 2.54. The second-order valence-electron chi connectivity index (χ2n) is 4.05. The van der Waals surface area contributed by atoms with E-state index in [0.717, 1.165) is 5.56 Å². The summed E-state index contributed by atoms with van der Waals surface area (Å²) in [4.78, 5) is 0.0161. The summed E-state index contributed by atoms with van der Waals surface area (Å²) in [6, 6.07) is 14.3. The largest absolute Gasteiger partial charge is 0.858 e. The van der Waals surface area contributed by atoms with Crippen molar-refractivity contribution in [3.05, 3.63) is 65.7 Å². The Morgan fingerprint density at radius 1 is 1.00 bits per heavy atom. The van der Waals surface area contributed by atoms with Gasteiger partial charge < -0.3 is 5.11 Å². The Hall–Kier alpha value is -2.14. The van der Waals surface area contributed by atoms with Gasteiger partial charge in [0.05, 0.1) is 4.90 Å². The molecule has 0 amide bonds. The lowest BCUT2D eigenvalue weighted by Crippen LogP contribution is -2.20. The van der Waals surface area contributed by atoms with Crippen LogP contribution in [0.5, 0.6) is 0 Å². The van der Waals surface area contributed by atoms with E-state index in [2.05, 4.69) is 4.40 Å². The average molecular weight is 274 g/mol. The number of rotatable bonds is 3. The van der Waals surface area contributed by atoms with Crippen LogP contribution in [0.1, 0.15) is 11.1 Å². The lowest BCUT2D eigenvalue weighted by Gasteiger charge is -2.10. The monoisotopic (exact) mass is 274 g/mol. The van der Waals surface area contributed by atoms with E-state index in [9.17, 15) is 13.5 Å². The van der Waals surface area contributed by atoms with Crippen molar-refractivity contribution in [3.63, 3.8) is 0 Å². The second-order valence-corrected chi connectivity index (χ2v) is 5.65. The van der Waals surface area contributed by atoms with Gasteiger partial charge in [0.1, 0.15) is 0 Å². The zero-order valence-corrected chi connectivity index (χ0v) is 11.1. The van der Waals surface area contributed by atoms with E-state index in [0.29, 0.717) is 0 Å². The van der Waals surface area contributed by atoms with Crippen LogP contribution in [0.25, 0.3) is 0 Å². The van der Waals surface area contributed by atoms with Crippen molar-refractivity contribution in [1.82, 2.24) is 0 Å². The molecule has 0 N–H and O–H groups in total. The second kappa shape index (κ2) is 5.24. The molecule has 98 valence electrons. The Balaban J connectivity index is 2.39. The number of hydrogen-bond acceptors (Lipinski definition) is 3. The molecule has 0 aliphatic heterocycles. The minimum absolute atomic E-state index is 0.0161. The zero-order valence-electron chi connectivity index (χ0n) is 10.3. The smallest absolute Gasteiger partial charge is 0.281 e. The Morgan fingerprint density at radius 3 is 2.16 bits per heavy atom. The molecule has 4 nitrogen and oxygen atoms in total. The molecule has 0 unspecified atom stereocenters. The summed E-state index contributed by atoms with van der Waals surface area (Å²) in [6.45, 7) is 1.85. The molecule has 0 bridgehead atoms. The first kappa shape index (κ1) is 13.3. The molecule has 0 atom stereocenters. The van der Waals surface area contributed by atoms with Gasteiger partial charge in [-0.1, -0.05) is 48.0 Å². The van der Waals surface area contributed by atoms with Gasteiger partial charge in [-0.25, -0.2) is 0 Å². The molecule has 0 aliphatic carbocycles. The minimum atomic E-state index is -3.95. The van der Waals surface area contributed by atoms with Gasteiger partial charge >= 0.3 is 0 Å². The molecule has 0 spiro atoms. The number of aryl methyl sites for hydroxylation is 1. The standard InChI is InChI=1S/C14H13NO3S/c1-11-7-9-13(10-8-11)19(17,18)15-14(16)12-5-3-2-4-6-12/h2-10H,1H3,(H,15,16)/p-1. The summed E-state index contributed by atoms with van der Waals surface area (Å²) < 4.78 is 27.2. The third kappa shape index (κ3) is 3.20. The maximum Gasteiger partial charge on any atom is 0.281 e. The van der Waals surface area contributed by atoms with E-state index in [-0.39, 0.29) is 10.5 Å². The highest BCUT2D eigenvalue weighted by molar-refractivity contribution is 7.90. The molecule has 0 heterocycles. The zero-order chi connectivity index (χ0) is 13.9. The van der Waals surface area contributed by atoms with Crippen molar-refractivity contribution in [2.45, 2.75) is 11.8 Å². The lowest BCUT2D eigenvalue weighted by atomic mass is 10.2. The van der Waals surface area contributed by atoms with Gasteiger partial charge in [-0.15, -0.1) is 0 Å². The molecular formula is C14H12NO3S-. The van der Waals surface area contributed by atoms with Gasteiger partial charge in [-0.05, 0) is 24.6 Å². The normalized spacial score (nSPS) is 12.4. The summed E-state index contributed by atoms with van der Waals surface area (Å²) >= 11 is 0. The fourth-order valence-corrected chi connectivity index (χ4v) is 2.41. The van der Waals surface area contributed by atoms with Crippen molar-refractivity contribution in [2.75, 3.05) is 0 Å². The molecule has 0 saturated carbocycles. The fourth-order valence-electron chi connectivity index (χ4n) is 1.51. The summed E-state index contributed by atoms with van der Waals surface area (Å²) in [5, 5.41) is 11.8. The van der Waals surface area contributed by atoms with Crippen LogP contribution in [0.4, 0.5) is 0 Å². The van der Waals surface area contributed by atoms with Crippen LogP contribution in [0.2, 0.25) is 0 Å². The first-order valence-corrected chi connectivity index (χ1v) is 7.07. The number of sulfonamides is 1. The van der Waals surface area contributed by atoms with Gasteiger partial charge in [0.15, 0.2) is 0 Å². The maximum atomic E-state index is 11.9. The Bertz CT molecular complexity index is 689. The van der Waals surface area contributed by atoms with Gasteiger partial charge in [0.2, 0.25) is 0 Å². The summed E-state index contributed by atoms with van der Waals surface area (Å²) in [5.74, 6) is -0.763. The van der Waals surface area contributed by atoms with Crippen LogP contribution in [-0.4, -0.2) is 14.3 Å². The van der Waals surface area contributed by atoms with E-state index < -0.39 is 15.9 Å². The molecule has 0 aliphatic rings. The fraction of sp³-hybridized carbons (Fsp3) is 0.0714. The topological polar surface area (TPSA) is 69.6 Å². The summed E-state index contributed by atoms with van der Waals surface area (Å²) in [5.41, 5.74) is 1.19. The van der Waals surface area contributed by atoms with Crippen LogP contribution in [-0.2, 0) is 10.0 Å². The van der Waals surface area contributed by atoms with Crippen LogP contribution in [0.3, 0.4) is 0 Å². The van der Waals surface area contributed by atoms with Crippen molar-refractivity contribution < 1.29 is 13.5 Å². The quantitative estimate of drug-likeness (QED) is 0.629. The first-order chi connectivity index (χ1) is 8.99. The number of nitrogens with zero attached hydrogens (tertiary/aromatic N) is 1. The molecular weight excluding hydrogens is 262 g/mol. The molecule has 0 saturated heterocycles. The van der Waals surface area contributed by atoms with Gasteiger partial charge in [0.25, 0.3) is 10.0 Å². The number of hydrogen-bond donors (Lipinski definition) is 0. The van der Waals surface area contributed by atoms with E-state index in [1.807, 2.05) is 6.92 Å². The van der Waals surface area contributed by atoms with E-state index in [4.69, 9.17) is 0 Å². The average Bonchev–Trinajstić information content (AvgIpc) is 2.40. The molecule has 2 aromatic carbocycles. The van der Waals surface area contributed by atoms with Gasteiger partial charge in [-0.3, -0.25) is 0 Å². The number of benzene rings is 2. The Labute approximate surface area is 112 Å². The highest BCUT2D eigenvalue weighted by Crippen LogP contribution is 2.13.